The molecule has 1 aliphatic rings. The van der Waals surface area contributed by atoms with E-state index in [2.05, 4.69) is 0 Å². The Morgan fingerprint density at radius 2 is 2.25 bits per heavy atom. The van der Waals surface area contributed by atoms with Gasteiger partial charge in [0.1, 0.15) is 0 Å². The first-order valence-corrected chi connectivity index (χ1v) is 5.67. The van der Waals surface area contributed by atoms with Crippen LogP contribution in [0.5, 0.6) is 0 Å². The number of thioether (sulfide) groups is 1. The summed E-state index contributed by atoms with van der Waals surface area (Å²) in [6, 6.07) is 0. The van der Waals surface area contributed by atoms with Crippen molar-refractivity contribution in [3.63, 3.8) is 0 Å². The van der Waals surface area contributed by atoms with Crippen molar-refractivity contribution in [2.75, 3.05) is 12.3 Å². The molecule has 1 fully saturated rings. The Morgan fingerprint density at radius 1 is 1.56 bits per heavy atom. The maximum absolute atomic E-state index is 11.7. The summed E-state index contributed by atoms with van der Waals surface area (Å²) >= 11 is 0.926. The average molecular weight is 251 g/mol. The lowest BCUT2D eigenvalue weighted by Gasteiger charge is -2.12. The van der Waals surface area contributed by atoms with E-state index in [0.717, 1.165) is 16.7 Å². The van der Waals surface area contributed by atoms with Crippen LogP contribution in [0.15, 0.2) is 12.2 Å². The maximum atomic E-state index is 11.7. The minimum absolute atomic E-state index is 0.0963. The smallest absolute Gasteiger partial charge is 0.288 e. The van der Waals surface area contributed by atoms with Crippen LogP contribution in [0.25, 0.3) is 0 Å². The lowest BCUT2D eigenvalue weighted by Crippen LogP contribution is -2.30. The first-order chi connectivity index (χ1) is 7.50. The maximum Gasteiger partial charge on any atom is 0.288 e. The predicted molar refractivity (Wildman–Crippen MR) is 55.1 cm³/mol. The molecule has 1 unspecified atom stereocenters. The highest BCUT2D eigenvalue weighted by Crippen LogP contribution is 2.19. The molecule has 7 heteroatoms. The van der Waals surface area contributed by atoms with Crippen LogP contribution in [0.3, 0.4) is 0 Å². The lowest BCUT2D eigenvalue weighted by atomic mass is 10.2. The zero-order valence-electron chi connectivity index (χ0n) is 8.36. The average Bonchev–Trinajstić information content (AvgIpc) is 2.47. The molecule has 1 atom stereocenters. The molecule has 90 valence electrons. The first kappa shape index (κ1) is 13.1. The molecule has 1 N–H and O–H groups in total. The molecule has 0 spiro atoms. The number of carbonyl (C=O) groups is 2. The van der Waals surface area contributed by atoms with Gasteiger partial charge in [-0.3, -0.25) is 14.5 Å². The van der Waals surface area contributed by atoms with Gasteiger partial charge >= 0.3 is 0 Å². The number of hydrogen-bond acceptors (Lipinski definition) is 4. The van der Waals surface area contributed by atoms with E-state index >= 15 is 0 Å². The van der Waals surface area contributed by atoms with Crippen molar-refractivity contribution < 1.29 is 23.5 Å². The fourth-order valence-corrected chi connectivity index (χ4v) is 2.04. The highest BCUT2D eigenvalue weighted by atomic mass is 32.2. The van der Waals surface area contributed by atoms with E-state index in [0.29, 0.717) is 12.5 Å². The Labute approximate surface area is 95.3 Å². The SMILES string of the molecule is O=C1CSC(=O)N1CCCC(O)C=C(F)F. The summed E-state index contributed by atoms with van der Waals surface area (Å²) in [7, 11) is 0. The van der Waals surface area contributed by atoms with E-state index in [-0.39, 0.29) is 29.9 Å². The predicted octanol–water partition coefficient (Wildman–Crippen LogP) is 1.60. The summed E-state index contributed by atoms with van der Waals surface area (Å²) in [4.78, 5) is 23.3. The topological polar surface area (TPSA) is 57.6 Å². The van der Waals surface area contributed by atoms with Gasteiger partial charge in [0.15, 0.2) is 0 Å². The van der Waals surface area contributed by atoms with Crippen LogP contribution in [-0.4, -0.2) is 39.6 Å². The number of hydrogen-bond donors (Lipinski definition) is 1. The first-order valence-electron chi connectivity index (χ1n) is 4.68. The zero-order chi connectivity index (χ0) is 12.1. The molecule has 16 heavy (non-hydrogen) atoms. The van der Waals surface area contributed by atoms with E-state index in [1.54, 1.807) is 0 Å². The number of aliphatic hydroxyl groups is 1. The second kappa shape index (κ2) is 5.95. The molecule has 4 nitrogen and oxygen atoms in total. The Kier molecular flexibility index (Phi) is 4.88. The Bertz CT molecular complexity index is 302. The van der Waals surface area contributed by atoms with Crippen molar-refractivity contribution in [3.8, 4) is 0 Å². The Balaban J connectivity index is 2.28. The summed E-state index contributed by atoms with van der Waals surface area (Å²) in [6.45, 7) is 0.170. The minimum Gasteiger partial charge on any atom is -0.389 e. The van der Waals surface area contributed by atoms with Gasteiger partial charge in [0, 0.05) is 12.6 Å². The molecule has 0 aromatic heterocycles. The van der Waals surface area contributed by atoms with Crippen LogP contribution < -0.4 is 0 Å². The van der Waals surface area contributed by atoms with E-state index in [9.17, 15) is 18.4 Å². The van der Waals surface area contributed by atoms with Gasteiger partial charge in [0.05, 0.1) is 11.9 Å². The lowest BCUT2D eigenvalue weighted by molar-refractivity contribution is -0.124. The second-order valence-corrected chi connectivity index (χ2v) is 4.19. The van der Waals surface area contributed by atoms with Crippen molar-refractivity contribution in [3.05, 3.63) is 12.2 Å². The van der Waals surface area contributed by atoms with E-state index in [1.807, 2.05) is 0 Å². The summed E-state index contributed by atoms with van der Waals surface area (Å²) in [5.74, 6) is -0.128. The molecule has 0 bridgehead atoms. The standard InChI is InChI=1S/C9H11F2NO3S/c10-7(11)4-6(13)2-1-3-12-8(14)5-16-9(12)15/h4,6,13H,1-3,5H2. The van der Waals surface area contributed by atoms with Crippen molar-refractivity contribution in [2.24, 2.45) is 0 Å². The van der Waals surface area contributed by atoms with Gasteiger partial charge in [-0.05, 0) is 12.8 Å². The minimum atomic E-state index is -1.93. The highest BCUT2D eigenvalue weighted by molar-refractivity contribution is 8.14. The number of carbonyl (C=O) groups excluding carboxylic acids is 2. The van der Waals surface area contributed by atoms with E-state index in [4.69, 9.17) is 5.11 Å². The third-order valence-electron chi connectivity index (χ3n) is 2.04. The molecule has 2 amide bonds. The number of halogens is 2. The van der Waals surface area contributed by atoms with Crippen molar-refractivity contribution in [2.45, 2.75) is 18.9 Å². The summed E-state index contributed by atoms with van der Waals surface area (Å²) in [5, 5.41) is 8.76. The van der Waals surface area contributed by atoms with Gasteiger partial charge in [0.2, 0.25) is 5.91 Å². The summed E-state index contributed by atoms with van der Waals surface area (Å²) in [6.07, 6.45) is -2.31. The van der Waals surface area contributed by atoms with Gasteiger partial charge < -0.3 is 5.11 Å². The molecule has 0 aromatic carbocycles. The van der Waals surface area contributed by atoms with Crippen LogP contribution in [0.4, 0.5) is 13.6 Å². The van der Waals surface area contributed by atoms with Gasteiger partial charge in [0.25, 0.3) is 11.3 Å². The van der Waals surface area contributed by atoms with Crippen LogP contribution in [0.2, 0.25) is 0 Å². The molecular formula is C9H11F2NO3S. The number of imide groups is 1. The van der Waals surface area contributed by atoms with Gasteiger partial charge in [-0.2, -0.15) is 8.78 Å². The fourth-order valence-electron chi connectivity index (χ4n) is 1.28. The third-order valence-corrected chi connectivity index (χ3v) is 2.90. The molecule has 1 aliphatic heterocycles. The highest BCUT2D eigenvalue weighted by Gasteiger charge is 2.29. The molecule has 1 saturated heterocycles. The molecule has 0 aliphatic carbocycles. The van der Waals surface area contributed by atoms with Gasteiger partial charge in [-0.25, -0.2) is 0 Å². The molecule has 0 radical (unpaired) electrons. The quantitative estimate of drug-likeness (QED) is 0.806. The van der Waals surface area contributed by atoms with E-state index < -0.39 is 12.2 Å². The Morgan fingerprint density at radius 3 is 2.75 bits per heavy atom. The van der Waals surface area contributed by atoms with Gasteiger partial charge in [-0.15, -0.1) is 0 Å². The van der Waals surface area contributed by atoms with E-state index in [1.165, 1.54) is 0 Å². The molecule has 1 rings (SSSR count). The van der Waals surface area contributed by atoms with Crippen LogP contribution in [0.1, 0.15) is 12.8 Å². The largest absolute Gasteiger partial charge is 0.389 e. The number of amides is 2. The third kappa shape index (κ3) is 3.90. The summed E-state index contributed by atoms with van der Waals surface area (Å²) < 4.78 is 23.4. The molecule has 0 aromatic rings. The van der Waals surface area contributed by atoms with Crippen molar-refractivity contribution in [1.82, 2.24) is 4.90 Å². The number of nitrogens with zero attached hydrogens (tertiary/aromatic N) is 1. The number of rotatable bonds is 5. The van der Waals surface area contributed by atoms with Crippen molar-refractivity contribution in [1.29, 1.82) is 0 Å². The van der Waals surface area contributed by atoms with Crippen molar-refractivity contribution >= 4 is 22.9 Å². The summed E-state index contributed by atoms with van der Waals surface area (Å²) in [5.41, 5.74) is 0. The Hall–Kier alpha value is -0.950. The zero-order valence-corrected chi connectivity index (χ0v) is 9.17. The normalized spacial score (nSPS) is 17.8. The van der Waals surface area contributed by atoms with Gasteiger partial charge in [-0.1, -0.05) is 11.8 Å². The van der Waals surface area contributed by atoms with Crippen LogP contribution >= 0.6 is 11.8 Å². The monoisotopic (exact) mass is 251 g/mol. The van der Waals surface area contributed by atoms with Crippen LogP contribution in [0, 0.1) is 0 Å². The molecule has 1 heterocycles. The molecular weight excluding hydrogens is 240 g/mol. The number of aliphatic hydroxyl groups excluding tert-OH is 1. The van der Waals surface area contributed by atoms with Crippen LogP contribution in [-0.2, 0) is 4.79 Å². The molecule has 0 saturated carbocycles. The fraction of sp³-hybridized carbons (Fsp3) is 0.556. The second-order valence-electron chi connectivity index (χ2n) is 3.27.